The van der Waals surface area contributed by atoms with Crippen LogP contribution in [0, 0.1) is 13.8 Å². The van der Waals surface area contributed by atoms with E-state index in [-0.39, 0.29) is 16.6 Å². The minimum absolute atomic E-state index is 0.138. The number of nitrogens with one attached hydrogen (secondary N) is 1. The topological polar surface area (TPSA) is 93.5 Å². The third-order valence-electron chi connectivity index (χ3n) is 5.16. The van der Waals surface area contributed by atoms with Crippen LogP contribution in [-0.4, -0.2) is 61.7 Å². The molecule has 0 aliphatic carbocycles. The van der Waals surface area contributed by atoms with Crippen molar-refractivity contribution in [2.24, 2.45) is 0 Å². The first-order valence-electron chi connectivity index (χ1n) is 10.1. The highest BCUT2D eigenvalue weighted by molar-refractivity contribution is 7.99. The van der Waals surface area contributed by atoms with Gasteiger partial charge < -0.3 is 14.6 Å². The Bertz CT molecular complexity index is 1240. The molecule has 8 nitrogen and oxygen atoms in total. The number of hydrogen-bond donors (Lipinski definition) is 1. The van der Waals surface area contributed by atoms with Crippen LogP contribution in [0.1, 0.15) is 11.1 Å². The average Bonchev–Trinajstić information content (AvgIpc) is 3.11. The standard InChI is InChI=1S/C22H28N4O4S2/c1-15-12-17(32(28,29)25(3)4)13-19(16(15)2)23-21(27)14-31-22-24-18-8-6-7-9-20(18)26(22)10-11-30-5/h6-9,12-13H,10-11,14H2,1-5H3,(H,23,27). The molecule has 10 heteroatoms. The molecular weight excluding hydrogens is 448 g/mol. The number of benzene rings is 2. The predicted molar refractivity (Wildman–Crippen MR) is 128 cm³/mol. The number of ether oxygens (including phenoxy) is 1. The van der Waals surface area contributed by atoms with E-state index >= 15 is 0 Å². The smallest absolute Gasteiger partial charge is 0.242 e. The summed E-state index contributed by atoms with van der Waals surface area (Å²) in [6, 6.07) is 10.9. The van der Waals surface area contributed by atoms with Gasteiger partial charge in [0.2, 0.25) is 15.9 Å². The van der Waals surface area contributed by atoms with Crippen LogP contribution in [0.5, 0.6) is 0 Å². The number of sulfonamides is 1. The van der Waals surface area contributed by atoms with Gasteiger partial charge in [-0.1, -0.05) is 23.9 Å². The molecule has 0 unspecified atom stereocenters. The number of imidazole rings is 1. The highest BCUT2D eigenvalue weighted by Crippen LogP contribution is 2.27. The average molecular weight is 477 g/mol. The van der Waals surface area contributed by atoms with E-state index < -0.39 is 10.0 Å². The lowest BCUT2D eigenvalue weighted by molar-refractivity contribution is -0.113. The maximum absolute atomic E-state index is 12.7. The van der Waals surface area contributed by atoms with Crippen molar-refractivity contribution in [3.63, 3.8) is 0 Å². The number of methoxy groups -OCH3 is 1. The van der Waals surface area contributed by atoms with Crippen molar-refractivity contribution in [2.75, 3.05) is 38.9 Å². The lowest BCUT2D eigenvalue weighted by Gasteiger charge is -2.16. The maximum Gasteiger partial charge on any atom is 0.242 e. The molecule has 0 fully saturated rings. The summed E-state index contributed by atoms with van der Waals surface area (Å²) in [4.78, 5) is 17.5. The zero-order valence-corrected chi connectivity index (χ0v) is 20.5. The number of carbonyl (C=O) groups is 1. The lowest BCUT2D eigenvalue weighted by Crippen LogP contribution is -2.23. The van der Waals surface area contributed by atoms with Crippen molar-refractivity contribution in [3.05, 3.63) is 47.5 Å². The molecule has 3 aromatic rings. The highest BCUT2D eigenvalue weighted by atomic mass is 32.2. The molecule has 1 heterocycles. The minimum atomic E-state index is -3.61. The van der Waals surface area contributed by atoms with Crippen LogP contribution < -0.4 is 5.32 Å². The molecule has 0 aliphatic rings. The van der Waals surface area contributed by atoms with Crippen molar-refractivity contribution < 1.29 is 17.9 Å². The molecule has 172 valence electrons. The molecule has 0 saturated carbocycles. The Kier molecular flexibility index (Phi) is 7.60. The van der Waals surface area contributed by atoms with E-state index in [2.05, 4.69) is 10.3 Å². The maximum atomic E-state index is 12.7. The summed E-state index contributed by atoms with van der Waals surface area (Å²) in [6.07, 6.45) is 0. The largest absolute Gasteiger partial charge is 0.383 e. The minimum Gasteiger partial charge on any atom is -0.383 e. The molecular formula is C22H28N4O4S2. The molecule has 1 aromatic heterocycles. The van der Waals surface area contributed by atoms with Crippen LogP contribution in [-0.2, 0) is 26.1 Å². The van der Waals surface area contributed by atoms with Gasteiger partial charge >= 0.3 is 0 Å². The van der Waals surface area contributed by atoms with Crippen LogP contribution in [0.25, 0.3) is 11.0 Å². The number of para-hydroxylation sites is 2. The Balaban J connectivity index is 1.79. The number of fused-ring (bicyclic) bond motifs is 1. The molecule has 2 aromatic carbocycles. The molecule has 0 spiro atoms. The summed E-state index contributed by atoms with van der Waals surface area (Å²) in [7, 11) is 1.00. The fourth-order valence-electron chi connectivity index (χ4n) is 3.19. The molecule has 1 amide bonds. The molecule has 0 bridgehead atoms. The number of nitrogens with zero attached hydrogens (tertiary/aromatic N) is 3. The number of rotatable bonds is 9. The van der Waals surface area contributed by atoms with Gasteiger partial charge in [0.05, 0.1) is 28.3 Å². The van der Waals surface area contributed by atoms with Gasteiger partial charge in [-0.05, 0) is 49.2 Å². The van der Waals surface area contributed by atoms with Crippen molar-refractivity contribution in [2.45, 2.75) is 30.4 Å². The van der Waals surface area contributed by atoms with Gasteiger partial charge in [0, 0.05) is 33.4 Å². The first kappa shape index (κ1) is 24.2. The lowest BCUT2D eigenvalue weighted by atomic mass is 10.1. The normalized spacial score (nSPS) is 11.9. The van der Waals surface area contributed by atoms with Crippen molar-refractivity contribution in [1.29, 1.82) is 0 Å². The molecule has 0 saturated heterocycles. The second kappa shape index (κ2) is 10.0. The van der Waals surface area contributed by atoms with E-state index in [1.807, 2.05) is 42.7 Å². The Morgan fingerprint density at radius 2 is 1.94 bits per heavy atom. The number of aryl methyl sites for hydroxylation is 1. The Morgan fingerprint density at radius 3 is 2.62 bits per heavy atom. The number of amides is 1. The van der Waals surface area contributed by atoms with Gasteiger partial charge in [0.25, 0.3) is 0 Å². The highest BCUT2D eigenvalue weighted by Gasteiger charge is 2.20. The molecule has 32 heavy (non-hydrogen) atoms. The zero-order valence-electron chi connectivity index (χ0n) is 18.9. The fraction of sp³-hybridized carbons (Fsp3) is 0.364. The summed E-state index contributed by atoms with van der Waals surface area (Å²) < 4.78 is 33.5. The SMILES string of the molecule is COCCn1c(SCC(=O)Nc2cc(S(=O)(=O)N(C)C)cc(C)c2C)nc2ccccc21. The van der Waals surface area contributed by atoms with Crippen molar-refractivity contribution in [3.8, 4) is 0 Å². The number of thioether (sulfide) groups is 1. The summed E-state index contributed by atoms with van der Waals surface area (Å²) >= 11 is 1.33. The summed E-state index contributed by atoms with van der Waals surface area (Å²) in [5.41, 5.74) is 3.95. The number of hydrogen-bond acceptors (Lipinski definition) is 6. The van der Waals surface area contributed by atoms with E-state index in [9.17, 15) is 13.2 Å². The monoisotopic (exact) mass is 476 g/mol. The molecule has 1 N–H and O–H groups in total. The van der Waals surface area contributed by atoms with E-state index in [1.165, 1.54) is 31.9 Å². The van der Waals surface area contributed by atoms with Crippen LogP contribution in [0.4, 0.5) is 5.69 Å². The fourth-order valence-corrected chi connectivity index (χ4v) is 5.05. The third-order valence-corrected chi connectivity index (χ3v) is 7.93. The second-order valence-electron chi connectivity index (χ2n) is 7.56. The van der Waals surface area contributed by atoms with Gasteiger partial charge in [-0.15, -0.1) is 0 Å². The number of carbonyl (C=O) groups excluding carboxylic acids is 1. The van der Waals surface area contributed by atoms with Crippen molar-refractivity contribution >= 4 is 44.4 Å². The van der Waals surface area contributed by atoms with Crippen LogP contribution >= 0.6 is 11.8 Å². The second-order valence-corrected chi connectivity index (χ2v) is 10.7. The Labute approximate surface area is 193 Å². The van der Waals surface area contributed by atoms with E-state index in [0.29, 0.717) is 18.8 Å². The number of aromatic nitrogens is 2. The quantitative estimate of drug-likeness (QED) is 0.477. The van der Waals surface area contributed by atoms with Crippen molar-refractivity contribution in [1.82, 2.24) is 13.9 Å². The van der Waals surface area contributed by atoms with Crippen LogP contribution in [0.2, 0.25) is 0 Å². The zero-order chi connectivity index (χ0) is 23.5. The molecule has 0 radical (unpaired) electrons. The van der Waals surface area contributed by atoms with Gasteiger partial charge in [-0.2, -0.15) is 0 Å². The van der Waals surface area contributed by atoms with Crippen LogP contribution in [0.3, 0.4) is 0 Å². The van der Waals surface area contributed by atoms with E-state index in [0.717, 1.165) is 31.6 Å². The van der Waals surface area contributed by atoms with Gasteiger partial charge in [0.15, 0.2) is 5.16 Å². The summed E-state index contributed by atoms with van der Waals surface area (Å²) in [6.45, 7) is 4.84. The Hall–Kier alpha value is -2.40. The Morgan fingerprint density at radius 1 is 1.22 bits per heavy atom. The van der Waals surface area contributed by atoms with Gasteiger partial charge in [-0.3, -0.25) is 4.79 Å². The van der Waals surface area contributed by atoms with E-state index in [4.69, 9.17) is 4.74 Å². The van der Waals surface area contributed by atoms with E-state index in [1.54, 1.807) is 13.2 Å². The molecule has 0 aliphatic heterocycles. The first-order chi connectivity index (χ1) is 15.1. The molecule has 0 atom stereocenters. The predicted octanol–water partition coefficient (Wildman–Crippen LogP) is 3.28. The third kappa shape index (κ3) is 5.15. The van der Waals surface area contributed by atoms with Crippen LogP contribution in [0.15, 0.2) is 46.5 Å². The van der Waals surface area contributed by atoms with Gasteiger partial charge in [-0.25, -0.2) is 17.7 Å². The number of anilines is 1. The first-order valence-corrected chi connectivity index (χ1v) is 12.5. The molecule has 3 rings (SSSR count). The summed E-state index contributed by atoms with van der Waals surface area (Å²) in [5.74, 6) is -0.0957. The summed E-state index contributed by atoms with van der Waals surface area (Å²) in [5, 5.41) is 3.60. The van der Waals surface area contributed by atoms with Gasteiger partial charge in [0.1, 0.15) is 0 Å².